The number of esters is 2. The Morgan fingerprint density at radius 2 is 1.07 bits per heavy atom. The van der Waals surface area contributed by atoms with Crippen molar-refractivity contribution < 1.29 is 42.1 Å². The highest BCUT2D eigenvalue weighted by atomic mass is 31.2. The molecule has 0 aliphatic carbocycles. The zero-order valence-corrected chi connectivity index (χ0v) is 28.6. The first-order valence-electron chi connectivity index (χ1n) is 16.7. The summed E-state index contributed by atoms with van der Waals surface area (Å²) in [6.45, 7) is 4.03. The number of phosphoric ester groups is 1. The van der Waals surface area contributed by atoms with Gasteiger partial charge in [0, 0.05) is 12.8 Å². The van der Waals surface area contributed by atoms with Crippen LogP contribution >= 0.6 is 7.82 Å². The lowest BCUT2D eigenvalue weighted by Gasteiger charge is -2.28. The molecule has 0 aliphatic rings. The quantitative estimate of drug-likeness (QED) is 0.0351. The molecule has 1 unspecified atom stereocenters. The number of phosphoric acid groups is 1. The summed E-state index contributed by atoms with van der Waals surface area (Å²) in [6, 6.07) is 0. The SMILES string of the molecule is CCCCCCCCCCCCCCCCCC(=O)O[C@H](COC(=O)CCCCC)COP(=O)([O-])OCC[N+](C)(C)C. The van der Waals surface area contributed by atoms with Crippen LogP contribution < -0.4 is 4.89 Å². The molecule has 0 saturated heterocycles. The van der Waals surface area contributed by atoms with Crippen LogP contribution in [0.15, 0.2) is 0 Å². The van der Waals surface area contributed by atoms with Crippen molar-refractivity contribution in [1.29, 1.82) is 0 Å². The zero-order chi connectivity index (χ0) is 31.5. The molecule has 0 aromatic heterocycles. The Morgan fingerprint density at radius 1 is 0.643 bits per heavy atom. The van der Waals surface area contributed by atoms with Gasteiger partial charge in [-0.05, 0) is 12.8 Å². The number of quaternary nitrogens is 1. The molecule has 0 amide bonds. The van der Waals surface area contributed by atoms with Gasteiger partial charge in [0.15, 0.2) is 6.10 Å². The van der Waals surface area contributed by atoms with Crippen molar-refractivity contribution >= 4 is 19.8 Å². The minimum absolute atomic E-state index is 0.0274. The third kappa shape index (κ3) is 29.1. The van der Waals surface area contributed by atoms with Crippen LogP contribution in [0.1, 0.15) is 142 Å². The van der Waals surface area contributed by atoms with Gasteiger partial charge in [-0.2, -0.15) is 0 Å². The minimum atomic E-state index is -4.59. The number of unbranched alkanes of at least 4 members (excludes halogenated alkanes) is 16. The molecule has 0 aromatic carbocycles. The van der Waals surface area contributed by atoms with E-state index in [1.165, 1.54) is 77.0 Å². The van der Waals surface area contributed by atoms with Crippen molar-refractivity contribution in [2.45, 2.75) is 148 Å². The Balaban J connectivity index is 4.26. The van der Waals surface area contributed by atoms with E-state index in [-0.39, 0.29) is 26.1 Å². The van der Waals surface area contributed by atoms with Gasteiger partial charge in [-0.25, -0.2) is 0 Å². The first kappa shape index (κ1) is 41.0. The fraction of sp³-hybridized carbons (Fsp3) is 0.938. The van der Waals surface area contributed by atoms with Crippen molar-refractivity contribution in [2.75, 3.05) is 47.5 Å². The Hall–Kier alpha value is -0.990. The number of hydrogen-bond acceptors (Lipinski definition) is 8. The number of hydrogen-bond donors (Lipinski definition) is 0. The predicted octanol–water partition coefficient (Wildman–Crippen LogP) is 7.49. The molecule has 10 heteroatoms. The summed E-state index contributed by atoms with van der Waals surface area (Å²) in [5.74, 6) is -0.858. The molecule has 0 bridgehead atoms. The van der Waals surface area contributed by atoms with E-state index < -0.39 is 32.5 Å². The number of rotatable bonds is 30. The highest BCUT2D eigenvalue weighted by Gasteiger charge is 2.21. The van der Waals surface area contributed by atoms with Crippen LogP contribution in [0.2, 0.25) is 0 Å². The summed E-state index contributed by atoms with van der Waals surface area (Å²) >= 11 is 0. The van der Waals surface area contributed by atoms with Crippen molar-refractivity contribution in [3.8, 4) is 0 Å². The average Bonchev–Trinajstić information content (AvgIpc) is 2.91. The van der Waals surface area contributed by atoms with Crippen LogP contribution in [-0.2, 0) is 32.7 Å². The molecular formula is C32H64NO8P. The summed E-state index contributed by atoms with van der Waals surface area (Å²) in [6.07, 6.45) is 20.7. The van der Waals surface area contributed by atoms with E-state index in [4.69, 9.17) is 18.5 Å². The maximum Gasteiger partial charge on any atom is 0.306 e. The average molecular weight is 622 g/mol. The molecule has 0 heterocycles. The standard InChI is InChI=1S/C32H64NO8P/c1-6-8-10-11-12-13-14-15-16-17-18-19-20-21-23-25-32(35)41-30(28-38-31(34)24-22-9-7-2)29-40-42(36,37)39-27-26-33(3,4)5/h30H,6-29H2,1-5H3/t30-/m1/s1. The summed E-state index contributed by atoms with van der Waals surface area (Å²) in [5, 5.41) is 0. The number of likely N-dealkylation sites (N-methyl/N-ethyl adjacent to an activating group) is 1. The fourth-order valence-electron chi connectivity index (χ4n) is 4.42. The molecule has 0 radical (unpaired) electrons. The first-order chi connectivity index (χ1) is 20.0. The summed E-state index contributed by atoms with van der Waals surface area (Å²) in [5.41, 5.74) is 0. The van der Waals surface area contributed by atoms with Crippen LogP contribution in [0.25, 0.3) is 0 Å². The van der Waals surface area contributed by atoms with E-state index in [0.717, 1.165) is 25.7 Å². The van der Waals surface area contributed by atoms with Crippen LogP contribution in [0, 0.1) is 0 Å². The molecule has 9 nitrogen and oxygen atoms in total. The lowest BCUT2D eigenvalue weighted by atomic mass is 10.0. The Bertz CT molecular complexity index is 713. The highest BCUT2D eigenvalue weighted by Crippen LogP contribution is 2.38. The van der Waals surface area contributed by atoms with Gasteiger partial charge >= 0.3 is 11.9 Å². The maximum absolute atomic E-state index is 12.5. The molecule has 0 fully saturated rings. The minimum Gasteiger partial charge on any atom is -0.756 e. The summed E-state index contributed by atoms with van der Waals surface area (Å²) < 4.78 is 33.3. The summed E-state index contributed by atoms with van der Waals surface area (Å²) in [7, 11) is 1.17. The normalized spacial score (nSPS) is 14.0. The van der Waals surface area contributed by atoms with Gasteiger partial charge in [0.2, 0.25) is 0 Å². The molecule has 0 aromatic rings. The molecule has 0 aliphatic heterocycles. The molecule has 0 rings (SSSR count). The fourth-order valence-corrected chi connectivity index (χ4v) is 5.15. The topological polar surface area (TPSA) is 111 Å². The smallest absolute Gasteiger partial charge is 0.306 e. The lowest BCUT2D eigenvalue weighted by Crippen LogP contribution is -2.37. The molecular weight excluding hydrogens is 557 g/mol. The third-order valence-corrected chi connectivity index (χ3v) is 8.09. The predicted molar refractivity (Wildman–Crippen MR) is 167 cm³/mol. The molecule has 0 N–H and O–H groups in total. The number of carbonyl (C=O) groups excluding carboxylic acids is 2. The van der Waals surface area contributed by atoms with E-state index >= 15 is 0 Å². The van der Waals surface area contributed by atoms with Crippen molar-refractivity contribution in [3.05, 3.63) is 0 Å². The third-order valence-electron chi connectivity index (χ3n) is 7.13. The molecule has 0 saturated carbocycles. The van der Waals surface area contributed by atoms with Gasteiger partial charge < -0.3 is 27.9 Å². The Kier molecular flexibility index (Phi) is 25.8. The largest absolute Gasteiger partial charge is 0.756 e. The number of carbonyl (C=O) groups is 2. The second-order valence-electron chi connectivity index (χ2n) is 12.5. The van der Waals surface area contributed by atoms with Crippen LogP contribution in [0.5, 0.6) is 0 Å². The second-order valence-corrected chi connectivity index (χ2v) is 14.0. The van der Waals surface area contributed by atoms with E-state index in [1.807, 2.05) is 28.1 Å². The van der Waals surface area contributed by atoms with Gasteiger partial charge in [-0.15, -0.1) is 0 Å². The monoisotopic (exact) mass is 621 g/mol. The highest BCUT2D eigenvalue weighted by molar-refractivity contribution is 7.45. The molecule has 2 atom stereocenters. The number of ether oxygens (including phenoxy) is 2. The van der Waals surface area contributed by atoms with Crippen LogP contribution in [0.4, 0.5) is 0 Å². The second kappa shape index (κ2) is 26.4. The molecule has 42 heavy (non-hydrogen) atoms. The lowest BCUT2D eigenvalue weighted by molar-refractivity contribution is -0.870. The van der Waals surface area contributed by atoms with Gasteiger partial charge in [-0.1, -0.05) is 117 Å². The van der Waals surface area contributed by atoms with Crippen molar-refractivity contribution in [1.82, 2.24) is 0 Å². The Labute approximate surface area is 257 Å². The first-order valence-corrected chi connectivity index (χ1v) is 18.2. The van der Waals surface area contributed by atoms with Gasteiger partial charge in [-0.3, -0.25) is 14.2 Å². The van der Waals surface area contributed by atoms with E-state index in [9.17, 15) is 19.0 Å². The van der Waals surface area contributed by atoms with E-state index in [0.29, 0.717) is 23.9 Å². The van der Waals surface area contributed by atoms with Crippen molar-refractivity contribution in [3.63, 3.8) is 0 Å². The van der Waals surface area contributed by atoms with Crippen LogP contribution in [0.3, 0.4) is 0 Å². The van der Waals surface area contributed by atoms with Gasteiger partial charge in [0.05, 0.1) is 27.7 Å². The summed E-state index contributed by atoms with van der Waals surface area (Å²) in [4.78, 5) is 36.7. The van der Waals surface area contributed by atoms with E-state index in [2.05, 4.69) is 6.92 Å². The van der Waals surface area contributed by atoms with Crippen molar-refractivity contribution in [2.24, 2.45) is 0 Å². The van der Waals surface area contributed by atoms with Gasteiger partial charge in [0.25, 0.3) is 7.82 Å². The van der Waals surface area contributed by atoms with Crippen LogP contribution in [-0.4, -0.2) is 70.0 Å². The molecule has 0 spiro atoms. The van der Waals surface area contributed by atoms with E-state index in [1.54, 1.807) is 0 Å². The number of nitrogens with zero attached hydrogens (tertiary/aromatic N) is 1. The molecule has 250 valence electrons. The van der Waals surface area contributed by atoms with Gasteiger partial charge in [0.1, 0.15) is 19.8 Å². The zero-order valence-electron chi connectivity index (χ0n) is 27.7. The Morgan fingerprint density at radius 3 is 1.57 bits per heavy atom. The maximum atomic E-state index is 12.5.